The SMILES string of the molecule is NC(CO)COc1cc(Cl)c(-c2nnc(-c3cccc(Cl)c3)s2)cc1F. The first-order valence-electron chi connectivity index (χ1n) is 7.56. The molecular weight excluding hydrogens is 400 g/mol. The van der Waals surface area contributed by atoms with Gasteiger partial charge in [-0.3, -0.25) is 0 Å². The number of ether oxygens (including phenoxy) is 1. The van der Waals surface area contributed by atoms with Crippen LogP contribution in [0.15, 0.2) is 36.4 Å². The van der Waals surface area contributed by atoms with Crippen LogP contribution in [-0.2, 0) is 0 Å². The third-order valence-corrected chi connectivity index (χ3v) is 4.99. The minimum atomic E-state index is -0.603. The maximum absolute atomic E-state index is 14.3. The van der Waals surface area contributed by atoms with Crippen LogP contribution in [0.3, 0.4) is 0 Å². The fourth-order valence-corrected chi connectivity index (χ4v) is 3.48. The summed E-state index contributed by atoms with van der Waals surface area (Å²) in [5.74, 6) is -0.642. The zero-order valence-electron chi connectivity index (χ0n) is 13.3. The van der Waals surface area contributed by atoms with E-state index in [0.29, 0.717) is 20.6 Å². The maximum atomic E-state index is 14.3. The van der Waals surface area contributed by atoms with Crippen LogP contribution in [0.25, 0.3) is 21.1 Å². The third-order valence-electron chi connectivity index (χ3n) is 3.44. The molecule has 9 heteroatoms. The van der Waals surface area contributed by atoms with Crippen molar-refractivity contribution in [2.75, 3.05) is 13.2 Å². The van der Waals surface area contributed by atoms with E-state index in [1.807, 2.05) is 12.1 Å². The number of benzene rings is 2. The molecule has 0 saturated carbocycles. The van der Waals surface area contributed by atoms with Crippen LogP contribution in [0.1, 0.15) is 0 Å². The normalized spacial score (nSPS) is 12.2. The van der Waals surface area contributed by atoms with Crippen molar-refractivity contribution in [2.24, 2.45) is 5.73 Å². The first kappa shape index (κ1) is 19.0. The van der Waals surface area contributed by atoms with Gasteiger partial charge in [0.25, 0.3) is 0 Å². The molecule has 5 nitrogen and oxygen atoms in total. The monoisotopic (exact) mass is 413 g/mol. The van der Waals surface area contributed by atoms with Crippen molar-refractivity contribution in [1.82, 2.24) is 10.2 Å². The van der Waals surface area contributed by atoms with Crippen molar-refractivity contribution in [3.8, 4) is 26.9 Å². The summed E-state index contributed by atoms with van der Waals surface area (Å²) in [7, 11) is 0. The molecule has 0 amide bonds. The molecule has 1 aromatic heterocycles. The molecule has 3 N–H and O–H groups in total. The lowest BCUT2D eigenvalue weighted by molar-refractivity contribution is 0.202. The van der Waals surface area contributed by atoms with Gasteiger partial charge in [-0.15, -0.1) is 10.2 Å². The number of nitrogens with zero attached hydrogens (tertiary/aromatic N) is 2. The second kappa shape index (κ2) is 8.28. The van der Waals surface area contributed by atoms with Crippen molar-refractivity contribution in [3.05, 3.63) is 52.3 Å². The molecule has 3 rings (SSSR count). The third kappa shape index (κ3) is 4.31. The molecular formula is C17H14Cl2FN3O2S. The van der Waals surface area contributed by atoms with Gasteiger partial charge in [-0.05, 0) is 18.2 Å². The van der Waals surface area contributed by atoms with Crippen molar-refractivity contribution in [1.29, 1.82) is 0 Å². The summed E-state index contributed by atoms with van der Waals surface area (Å²) in [4.78, 5) is 0. The number of aromatic nitrogens is 2. The number of hydrogen-bond acceptors (Lipinski definition) is 6. The number of halogens is 3. The van der Waals surface area contributed by atoms with Crippen LogP contribution in [0.2, 0.25) is 10.0 Å². The van der Waals surface area contributed by atoms with Crippen LogP contribution < -0.4 is 10.5 Å². The Morgan fingerprint density at radius 2 is 1.96 bits per heavy atom. The molecule has 136 valence electrons. The number of aliphatic hydroxyl groups is 1. The molecule has 0 bridgehead atoms. The Bertz CT molecular complexity index is 923. The molecule has 1 unspecified atom stereocenters. The molecule has 1 atom stereocenters. The molecule has 0 aliphatic carbocycles. The number of nitrogens with two attached hydrogens (primary N) is 1. The zero-order chi connectivity index (χ0) is 18.7. The summed E-state index contributed by atoms with van der Waals surface area (Å²) in [6, 6.07) is 9.21. The predicted octanol–water partition coefficient (Wildman–Crippen LogP) is 4.02. The van der Waals surface area contributed by atoms with E-state index in [2.05, 4.69) is 10.2 Å². The number of aliphatic hydroxyl groups excluding tert-OH is 1. The molecule has 2 aromatic carbocycles. The Morgan fingerprint density at radius 1 is 1.19 bits per heavy atom. The molecule has 0 aliphatic rings. The standard InChI is InChI=1S/C17H14Cl2FN3O2S/c18-10-3-1-2-9(4-10)16-22-23-17(26-16)12-5-14(20)15(6-13(12)19)25-8-11(21)7-24/h1-6,11,24H,7-8,21H2. The summed E-state index contributed by atoms with van der Waals surface area (Å²) in [5, 5.41) is 19.1. The molecule has 1 heterocycles. The minimum Gasteiger partial charge on any atom is -0.489 e. The molecule has 0 fully saturated rings. The summed E-state index contributed by atoms with van der Waals surface area (Å²) in [5.41, 5.74) is 6.77. The second-order valence-electron chi connectivity index (χ2n) is 5.44. The number of rotatable bonds is 6. The van der Waals surface area contributed by atoms with Crippen molar-refractivity contribution < 1.29 is 14.2 Å². The molecule has 26 heavy (non-hydrogen) atoms. The first-order chi connectivity index (χ1) is 12.5. The van der Waals surface area contributed by atoms with Gasteiger partial charge in [0, 0.05) is 22.2 Å². The predicted molar refractivity (Wildman–Crippen MR) is 101 cm³/mol. The van der Waals surface area contributed by atoms with Gasteiger partial charge in [0.15, 0.2) is 11.6 Å². The highest BCUT2D eigenvalue weighted by Gasteiger charge is 2.16. The summed E-state index contributed by atoms with van der Waals surface area (Å²) in [6.07, 6.45) is 0. The van der Waals surface area contributed by atoms with Crippen molar-refractivity contribution in [2.45, 2.75) is 6.04 Å². The van der Waals surface area contributed by atoms with E-state index >= 15 is 0 Å². The van der Waals surface area contributed by atoms with Gasteiger partial charge < -0.3 is 15.6 Å². The lowest BCUT2D eigenvalue weighted by Crippen LogP contribution is -2.31. The van der Waals surface area contributed by atoms with Crippen LogP contribution in [0.4, 0.5) is 4.39 Å². The summed E-state index contributed by atoms with van der Waals surface area (Å²) >= 11 is 13.5. The van der Waals surface area contributed by atoms with E-state index in [1.54, 1.807) is 12.1 Å². The van der Waals surface area contributed by atoms with Crippen LogP contribution >= 0.6 is 34.5 Å². The smallest absolute Gasteiger partial charge is 0.165 e. The van der Waals surface area contributed by atoms with Crippen molar-refractivity contribution >= 4 is 34.5 Å². The Morgan fingerprint density at radius 3 is 2.69 bits per heavy atom. The van der Waals surface area contributed by atoms with E-state index in [1.165, 1.54) is 23.5 Å². The molecule has 0 saturated heterocycles. The summed E-state index contributed by atoms with van der Waals surface area (Å²) < 4.78 is 19.6. The lowest BCUT2D eigenvalue weighted by atomic mass is 10.2. The molecule has 0 spiro atoms. The average molecular weight is 414 g/mol. The van der Waals surface area contributed by atoms with E-state index in [-0.39, 0.29) is 24.0 Å². The van der Waals surface area contributed by atoms with Gasteiger partial charge in [-0.25, -0.2) is 4.39 Å². The van der Waals surface area contributed by atoms with E-state index in [9.17, 15) is 4.39 Å². The highest BCUT2D eigenvalue weighted by molar-refractivity contribution is 7.18. The van der Waals surface area contributed by atoms with Gasteiger partial charge in [0.2, 0.25) is 0 Å². The average Bonchev–Trinajstić information content (AvgIpc) is 3.11. The van der Waals surface area contributed by atoms with Crippen LogP contribution in [0, 0.1) is 5.82 Å². The number of hydrogen-bond donors (Lipinski definition) is 2. The highest BCUT2D eigenvalue weighted by Crippen LogP contribution is 2.37. The zero-order valence-corrected chi connectivity index (χ0v) is 15.7. The highest BCUT2D eigenvalue weighted by atomic mass is 35.5. The maximum Gasteiger partial charge on any atom is 0.165 e. The Labute approximate surface area is 163 Å². The van der Waals surface area contributed by atoms with Gasteiger partial charge in [0.1, 0.15) is 16.6 Å². The molecule has 0 radical (unpaired) electrons. The largest absolute Gasteiger partial charge is 0.489 e. The van der Waals surface area contributed by atoms with Gasteiger partial charge in [-0.2, -0.15) is 0 Å². The fraction of sp³-hybridized carbons (Fsp3) is 0.176. The Kier molecular flexibility index (Phi) is 6.05. The quantitative estimate of drug-likeness (QED) is 0.637. The van der Waals surface area contributed by atoms with E-state index in [4.69, 9.17) is 38.8 Å². The first-order valence-corrected chi connectivity index (χ1v) is 9.13. The topological polar surface area (TPSA) is 81.3 Å². The Hall–Kier alpha value is -1.77. The Balaban J connectivity index is 1.87. The second-order valence-corrected chi connectivity index (χ2v) is 7.26. The fourth-order valence-electron chi connectivity index (χ4n) is 2.12. The van der Waals surface area contributed by atoms with Gasteiger partial charge in [0.05, 0.1) is 17.7 Å². The van der Waals surface area contributed by atoms with Crippen LogP contribution in [-0.4, -0.2) is 34.6 Å². The molecule has 3 aromatic rings. The van der Waals surface area contributed by atoms with Gasteiger partial charge >= 0.3 is 0 Å². The van der Waals surface area contributed by atoms with Crippen molar-refractivity contribution in [3.63, 3.8) is 0 Å². The minimum absolute atomic E-state index is 0.0270. The van der Waals surface area contributed by atoms with Crippen LogP contribution in [0.5, 0.6) is 5.75 Å². The van der Waals surface area contributed by atoms with E-state index in [0.717, 1.165) is 5.56 Å². The summed E-state index contributed by atoms with van der Waals surface area (Å²) in [6.45, 7) is -0.286. The van der Waals surface area contributed by atoms with Gasteiger partial charge in [-0.1, -0.05) is 46.7 Å². The van der Waals surface area contributed by atoms with E-state index < -0.39 is 11.9 Å². The lowest BCUT2D eigenvalue weighted by Gasteiger charge is -2.12. The molecule has 0 aliphatic heterocycles.